The summed E-state index contributed by atoms with van der Waals surface area (Å²) < 4.78 is 0. The lowest BCUT2D eigenvalue weighted by atomic mass is 9.65. The lowest BCUT2D eigenvalue weighted by Gasteiger charge is -2.45. The number of anilines is 1. The van der Waals surface area contributed by atoms with Crippen molar-refractivity contribution < 1.29 is 4.79 Å². The van der Waals surface area contributed by atoms with Gasteiger partial charge in [0.05, 0.1) is 0 Å². The third kappa shape index (κ3) is 4.24. The summed E-state index contributed by atoms with van der Waals surface area (Å²) in [5, 5.41) is 0. The first kappa shape index (κ1) is 21.2. The van der Waals surface area contributed by atoms with Crippen molar-refractivity contribution in [3.63, 3.8) is 0 Å². The minimum Gasteiger partial charge on any atom is -0.339 e. The number of carbonyl (C=O) groups excluding carboxylic acids is 1. The summed E-state index contributed by atoms with van der Waals surface area (Å²) in [6.07, 6.45) is 9.24. The smallest absolute Gasteiger partial charge is 0.225 e. The molecule has 2 aliphatic carbocycles. The van der Waals surface area contributed by atoms with Crippen LogP contribution in [0.5, 0.6) is 0 Å². The SMILES string of the molecule is Cl.Cl.NC1C2CCCC1CC(C(=O)N1CCN(c3ncccn3)CC1)C2. The Morgan fingerprint density at radius 3 is 2.15 bits per heavy atom. The Kier molecular flexibility index (Phi) is 7.50. The van der Waals surface area contributed by atoms with E-state index in [-0.39, 0.29) is 30.7 Å². The maximum absolute atomic E-state index is 13.0. The van der Waals surface area contributed by atoms with E-state index in [1.54, 1.807) is 12.4 Å². The number of aromatic nitrogens is 2. The molecular weight excluding hydrogens is 373 g/mol. The number of piperazine rings is 1. The highest BCUT2D eigenvalue weighted by Gasteiger charge is 2.41. The molecule has 26 heavy (non-hydrogen) atoms. The molecule has 2 bridgehead atoms. The van der Waals surface area contributed by atoms with E-state index in [9.17, 15) is 4.79 Å². The molecule has 146 valence electrons. The molecule has 1 aliphatic heterocycles. The van der Waals surface area contributed by atoms with Gasteiger partial charge in [-0.2, -0.15) is 0 Å². The van der Waals surface area contributed by atoms with Gasteiger partial charge in [-0.15, -0.1) is 24.8 Å². The number of nitrogens with two attached hydrogens (primary N) is 1. The summed E-state index contributed by atoms with van der Waals surface area (Å²) in [5.41, 5.74) is 6.36. The number of amides is 1. The Labute approximate surface area is 167 Å². The second-order valence-electron chi connectivity index (χ2n) is 7.56. The highest BCUT2D eigenvalue weighted by molar-refractivity contribution is 5.85. The minimum absolute atomic E-state index is 0. The van der Waals surface area contributed by atoms with Crippen molar-refractivity contribution in [1.82, 2.24) is 14.9 Å². The van der Waals surface area contributed by atoms with Crippen molar-refractivity contribution in [1.29, 1.82) is 0 Å². The fraction of sp³-hybridized carbons (Fsp3) is 0.722. The summed E-state index contributed by atoms with van der Waals surface area (Å²) in [5.74, 6) is 2.44. The van der Waals surface area contributed by atoms with Gasteiger partial charge in [-0.05, 0) is 43.6 Å². The standard InChI is InChI=1S/C18H27N5O.2ClH/c19-16-13-3-1-4-14(16)12-15(11-13)17(24)22-7-9-23(10-8-22)18-20-5-2-6-21-18;;/h2,5-6,13-16H,1,3-4,7-12,19H2;2*1H. The van der Waals surface area contributed by atoms with Crippen LogP contribution in [0.15, 0.2) is 18.5 Å². The minimum atomic E-state index is 0. The van der Waals surface area contributed by atoms with E-state index in [0.29, 0.717) is 23.8 Å². The molecule has 4 rings (SSSR count). The highest BCUT2D eigenvalue weighted by atomic mass is 35.5. The van der Waals surface area contributed by atoms with Crippen molar-refractivity contribution in [2.75, 3.05) is 31.1 Å². The average Bonchev–Trinajstić information content (AvgIpc) is 2.62. The van der Waals surface area contributed by atoms with Crippen molar-refractivity contribution in [3.05, 3.63) is 18.5 Å². The molecule has 2 unspecified atom stereocenters. The van der Waals surface area contributed by atoms with E-state index >= 15 is 0 Å². The summed E-state index contributed by atoms with van der Waals surface area (Å²) in [4.78, 5) is 25.8. The van der Waals surface area contributed by atoms with Crippen molar-refractivity contribution in [3.8, 4) is 0 Å². The third-order valence-corrected chi connectivity index (χ3v) is 6.19. The first-order valence-corrected chi connectivity index (χ1v) is 9.28. The molecule has 3 aliphatic rings. The van der Waals surface area contributed by atoms with Crippen LogP contribution in [-0.4, -0.2) is 53.0 Å². The molecule has 1 aromatic rings. The number of rotatable bonds is 2. The van der Waals surface area contributed by atoms with Crippen LogP contribution in [0.1, 0.15) is 32.1 Å². The second kappa shape index (κ2) is 9.20. The van der Waals surface area contributed by atoms with Gasteiger partial charge < -0.3 is 15.5 Å². The lowest BCUT2D eigenvalue weighted by Crippen LogP contribution is -2.54. The molecule has 1 saturated heterocycles. The number of carbonyl (C=O) groups is 1. The van der Waals surface area contributed by atoms with Gasteiger partial charge in [0, 0.05) is 50.5 Å². The molecule has 0 spiro atoms. The van der Waals surface area contributed by atoms with Crippen LogP contribution >= 0.6 is 24.8 Å². The number of hydrogen-bond donors (Lipinski definition) is 1. The van der Waals surface area contributed by atoms with Crippen LogP contribution < -0.4 is 10.6 Å². The van der Waals surface area contributed by atoms with Gasteiger partial charge in [-0.25, -0.2) is 9.97 Å². The predicted octanol–water partition coefficient (Wildman–Crippen LogP) is 2.12. The number of nitrogens with zero attached hydrogens (tertiary/aromatic N) is 4. The summed E-state index contributed by atoms with van der Waals surface area (Å²) in [6, 6.07) is 2.16. The Morgan fingerprint density at radius 2 is 1.58 bits per heavy atom. The van der Waals surface area contributed by atoms with E-state index in [4.69, 9.17) is 5.73 Å². The van der Waals surface area contributed by atoms with Gasteiger partial charge in [0.15, 0.2) is 0 Å². The molecule has 2 atom stereocenters. The third-order valence-electron chi connectivity index (χ3n) is 6.19. The van der Waals surface area contributed by atoms with E-state index in [2.05, 4.69) is 19.8 Å². The topological polar surface area (TPSA) is 75.4 Å². The van der Waals surface area contributed by atoms with E-state index in [0.717, 1.165) is 45.0 Å². The van der Waals surface area contributed by atoms with Gasteiger partial charge >= 0.3 is 0 Å². The first-order chi connectivity index (χ1) is 11.7. The second-order valence-corrected chi connectivity index (χ2v) is 7.56. The predicted molar refractivity (Wildman–Crippen MR) is 107 cm³/mol. The van der Waals surface area contributed by atoms with Gasteiger partial charge in [-0.3, -0.25) is 4.79 Å². The maximum Gasteiger partial charge on any atom is 0.225 e. The van der Waals surface area contributed by atoms with E-state index < -0.39 is 0 Å². The summed E-state index contributed by atoms with van der Waals surface area (Å²) in [7, 11) is 0. The zero-order chi connectivity index (χ0) is 16.5. The highest BCUT2D eigenvalue weighted by Crippen LogP contribution is 2.42. The van der Waals surface area contributed by atoms with Crippen molar-refractivity contribution in [2.45, 2.75) is 38.1 Å². The van der Waals surface area contributed by atoms with Gasteiger partial charge in [0.2, 0.25) is 11.9 Å². The molecule has 2 saturated carbocycles. The van der Waals surface area contributed by atoms with Gasteiger partial charge in [-0.1, -0.05) is 6.42 Å². The van der Waals surface area contributed by atoms with Crippen LogP contribution in [0.3, 0.4) is 0 Å². The van der Waals surface area contributed by atoms with Crippen LogP contribution in [0, 0.1) is 17.8 Å². The Bertz CT molecular complexity index is 568. The molecular formula is C18H29Cl2N5O. The Balaban J connectivity index is 0.00000121. The monoisotopic (exact) mass is 401 g/mol. The normalized spacial score (nSPS) is 30.8. The molecule has 1 aromatic heterocycles. The summed E-state index contributed by atoms with van der Waals surface area (Å²) in [6.45, 7) is 3.17. The molecule has 3 fully saturated rings. The lowest BCUT2D eigenvalue weighted by molar-refractivity contribution is -0.139. The fourth-order valence-corrected chi connectivity index (χ4v) is 4.83. The molecule has 8 heteroatoms. The molecule has 6 nitrogen and oxygen atoms in total. The number of halogens is 2. The van der Waals surface area contributed by atoms with Gasteiger partial charge in [0.25, 0.3) is 0 Å². The van der Waals surface area contributed by atoms with Crippen molar-refractivity contribution >= 4 is 36.7 Å². The van der Waals surface area contributed by atoms with Crippen LogP contribution in [-0.2, 0) is 4.79 Å². The maximum atomic E-state index is 13.0. The molecule has 0 aromatic carbocycles. The van der Waals surface area contributed by atoms with Gasteiger partial charge in [0.1, 0.15) is 0 Å². The van der Waals surface area contributed by atoms with Crippen LogP contribution in [0.4, 0.5) is 5.95 Å². The fourth-order valence-electron chi connectivity index (χ4n) is 4.83. The van der Waals surface area contributed by atoms with E-state index in [1.165, 1.54) is 19.3 Å². The molecule has 2 heterocycles. The van der Waals surface area contributed by atoms with Crippen LogP contribution in [0.2, 0.25) is 0 Å². The quantitative estimate of drug-likeness (QED) is 0.820. The molecule has 2 N–H and O–H groups in total. The number of hydrogen-bond acceptors (Lipinski definition) is 5. The molecule has 1 amide bonds. The summed E-state index contributed by atoms with van der Waals surface area (Å²) >= 11 is 0. The Morgan fingerprint density at radius 1 is 1.00 bits per heavy atom. The zero-order valence-corrected chi connectivity index (χ0v) is 16.6. The van der Waals surface area contributed by atoms with E-state index in [1.807, 2.05) is 6.07 Å². The zero-order valence-electron chi connectivity index (χ0n) is 15.0. The Hall–Kier alpha value is -1.11. The average molecular weight is 402 g/mol. The molecule has 0 radical (unpaired) electrons. The number of fused-ring (bicyclic) bond motifs is 2. The van der Waals surface area contributed by atoms with Crippen LogP contribution in [0.25, 0.3) is 0 Å². The van der Waals surface area contributed by atoms with Crippen molar-refractivity contribution in [2.24, 2.45) is 23.5 Å². The largest absolute Gasteiger partial charge is 0.339 e. The first-order valence-electron chi connectivity index (χ1n) is 9.28.